The third kappa shape index (κ3) is 2.49. The van der Waals surface area contributed by atoms with Crippen molar-refractivity contribution in [3.8, 4) is 0 Å². The highest BCUT2D eigenvalue weighted by molar-refractivity contribution is 6.38. The van der Waals surface area contributed by atoms with Crippen molar-refractivity contribution in [2.45, 2.75) is 26.4 Å². The van der Waals surface area contributed by atoms with Crippen LogP contribution in [-0.2, 0) is 4.74 Å². The highest BCUT2D eigenvalue weighted by atomic mass is 35.5. The Bertz CT molecular complexity index is 652. The smallest absolute Gasteiger partial charge is 0.419 e. The van der Waals surface area contributed by atoms with Gasteiger partial charge >= 0.3 is 6.09 Å². The fraction of sp³-hybridized carbons (Fsp3) is 0.286. The van der Waals surface area contributed by atoms with Gasteiger partial charge in [-0.05, 0) is 26.8 Å². The summed E-state index contributed by atoms with van der Waals surface area (Å²) >= 11 is 6.12. The van der Waals surface area contributed by atoms with E-state index in [9.17, 15) is 9.59 Å². The molecule has 0 aliphatic rings. The maximum Gasteiger partial charge on any atom is 0.419 e. The molecule has 0 saturated carbocycles. The monoisotopic (exact) mass is 279 g/mol. The number of rotatable bonds is 1. The fourth-order valence-corrected chi connectivity index (χ4v) is 2.12. The molecule has 0 spiro atoms. The van der Waals surface area contributed by atoms with Gasteiger partial charge in [-0.15, -0.1) is 0 Å². The Balaban J connectivity index is 2.65. The van der Waals surface area contributed by atoms with E-state index in [0.717, 1.165) is 0 Å². The molecule has 2 aromatic rings. The van der Waals surface area contributed by atoms with Gasteiger partial charge in [0.05, 0.1) is 10.5 Å². The van der Waals surface area contributed by atoms with Crippen LogP contribution < -0.4 is 0 Å². The predicted molar refractivity (Wildman–Crippen MR) is 74.0 cm³/mol. The van der Waals surface area contributed by atoms with E-state index in [1.807, 2.05) is 0 Å². The van der Waals surface area contributed by atoms with Gasteiger partial charge in [-0.2, -0.15) is 0 Å². The molecule has 1 aromatic carbocycles. The third-order valence-corrected chi connectivity index (χ3v) is 2.93. The quantitative estimate of drug-likeness (QED) is 0.744. The molecule has 0 saturated heterocycles. The van der Waals surface area contributed by atoms with Crippen LogP contribution in [0.3, 0.4) is 0 Å². The van der Waals surface area contributed by atoms with Crippen LogP contribution in [0.25, 0.3) is 10.9 Å². The van der Waals surface area contributed by atoms with Crippen LogP contribution in [-0.4, -0.2) is 22.5 Å². The van der Waals surface area contributed by atoms with Crippen LogP contribution in [0.1, 0.15) is 31.3 Å². The molecular weight excluding hydrogens is 266 g/mol. The number of hydrogen-bond acceptors (Lipinski definition) is 3. The van der Waals surface area contributed by atoms with Crippen molar-refractivity contribution in [1.29, 1.82) is 0 Å². The summed E-state index contributed by atoms with van der Waals surface area (Å²) in [7, 11) is 0. The van der Waals surface area contributed by atoms with Gasteiger partial charge in [0.1, 0.15) is 11.3 Å². The van der Waals surface area contributed by atoms with Gasteiger partial charge in [0.2, 0.25) is 0 Å². The highest BCUT2D eigenvalue weighted by Gasteiger charge is 2.24. The summed E-state index contributed by atoms with van der Waals surface area (Å²) in [5, 5.41) is 0.911. The molecule has 100 valence electrons. The average molecular weight is 280 g/mol. The molecule has 0 amide bonds. The zero-order chi connectivity index (χ0) is 14.2. The zero-order valence-electron chi connectivity index (χ0n) is 10.9. The van der Waals surface area contributed by atoms with Crippen molar-refractivity contribution in [3.63, 3.8) is 0 Å². The van der Waals surface area contributed by atoms with Gasteiger partial charge in [0, 0.05) is 5.39 Å². The largest absolute Gasteiger partial charge is 0.443 e. The number of nitrogens with zero attached hydrogens (tertiary/aromatic N) is 1. The summed E-state index contributed by atoms with van der Waals surface area (Å²) < 4.78 is 6.50. The molecule has 0 fully saturated rings. The number of fused-ring (bicyclic) bond motifs is 1. The first-order valence-corrected chi connectivity index (χ1v) is 6.20. The third-order valence-electron chi connectivity index (χ3n) is 2.53. The van der Waals surface area contributed by atoms with Gasteiger partial charge in [0.25, 0.3) is 0 Å². The summed E-state index contributed by atoms with van der Waals surface area (Å²) in [6.45, 7) is 5.29. The number of para-hydroxylation sites is 1. The van der Waals surface area contributed by atoms with E-state index in [-0.39, 0.29) is 10.7 Å². The Kier molecular flexibility index (Phi) is 3.37. The molecule has 0 radical (unpaired) electrons. The Labute approximate surface area is 115 Å². The summed E-state index contributed by atoms with van der Waals surface area (Å²) in [6.07, 6.45) is -0.0515. The molecule has 2 rings (SSSR count). The van der Waals surface area contributed by atoms with Crippen LogP contribution in [0, 0.1) is 0 Å². The minimum Gasteiger partial charge on any atom is -0.443 e. The number of carbonyl (C=O) groups excluding carboxylic acids is 2. The van der Waals surface area contributed by atoms with Crippen LogP contribution in [0.2, 0.25) is 5.02 Å². The SMILES string of the molecule is CC(C)(C)OC(=O)n1c(C=O)c(Cl)c2ccccc21. The summed E-state index contributed by atoms with van der Waals surface area (Å²) in [5.41, 5.74) is 0.0238. The number of carbonyl (C=O) groups is 2. The fourth-order valence-electron chi connectivity index (χ4n) is 1.83. The molecular formula is C14H14ClNO3. The zero-order valence-corrected chi connectivity index (χ0v) is 11.7. The summed E-state index contributed by atoms with van der Waals surface area (Å²) in [6, 6.07) is 7.04. The molecule has 0 aliphatic heterocycles. The topological polar surface area (TPSA) is 48.3 Å². The second-order valence-corrected chi connectivity index (χ2v) is 5.53. The summed E-state index contributed by atoms with van der Waals surface area (Å²) in [4.78, 5) is 23.4. The van der Waals surface area contributed by atoms with Gasteiger partial charge in [0.15, 0.2) is 6.29 Å². The molecule has 1 aromatic heterocycles. The molecule has 0 atom stereocenters. The molecule has 1 heterocycles. The predicted octanol–water partition coefficient (Wildman–Crippen LogP) is 3.89. The lowest BCUT2D eigenvalue weighted by atomic mass is 10.2. The van der Waals surface area contributed by atoms with Gasteiger partial charge in [-0.3, -0.25) is 4.79 Å². The van der Waals surface area contributed by atoms with Gasteiger partial charge < -0.3 is 4.74 Å². The average Bonchev–Trinajstić information content (AvgIpc) is 2.60. The lowest BCUT2D eigenvalue weighted by Gasteiger charge is -2.20. The number of ether oxygens (including phenoxy) is 1. The van der Waals surface area contributed by atoms with E-state index in [4.69, 9.17) is 16.3 Å². The summed E-state index contributed by atoms with van der Waals surface area (Å²) in [5.74, 6) is 0. The van der Waals surface area contributed by atoms with E-state index in [0.29, 0.717) is 17.2 Å². The van der Waals surface area contributed by atoms with Crippen LogP contribution in [0.15, 0.2) is 24.3 Å². The standard InChI is InChI=1S/C14H14ClNO3/c1-14(2,3)19-13(18)16-10-7-5-4-6-9(10)12(15)11(16)8-17/h4-8H,1-3H3. The number of aldehydes is 1. The van der Waals surface area contributed by atoms with E-state index in [1.54, 1.807) is 45.0 Å². The number of benzene rings is 1. The lowest BCUT2D eigenvalue weighted by Crippen LogP contribution is -2.28. The second-order valence-electron chi connectivity index (χ2n) is 5.15. The molecule has 5 heteroatoms. The molecule has 4 nitrogen and oxygen atoms in total. The van der Waals surface area contributed by atoms with Crippen molar-refractivity contribution >= 4 is 34.9 Å². The maximum absolute atomic E-state index is 12.2. The second kappa shape index (κ2) is 4.70. The lowest BCUT2D eigenvalue weighted by molar-refractivity contribution is 0.0538. The maximum atomic E-state index is 12.2. The Morgan fingerprint density at radius 3 is 2.53 bits per heavy atom. The first-order chi connectivity index (χ1) is 8.85. The van der Waals surface area contributed by atoms with Crippen LogP contribution >= 0.6 is 11.6 Å². The molecule has 0 aliphatic carbocycles. The molecule has 0 bridgehead atoms. The van der Waals surface area contributed by atoms with Gasteiger partial charge in [-0.1, -0.05) is 29.8 Å². The molecule has 0 N–H and O–H groups in total. The van der Waals surface area contributed by atoms with Gasteiger partial charge in [-0.25, -0.2) is 9.36 Å². The van der Waals surface area contributed by atoms with E-state index in [1.165, 1.54) is 4.57 Å². The molecule has 0 unspecified atom stereocenters. The van der Waals surface area contributed by atoms with Crippen molar-refractivity contribution < 1.29 is 14.3 Å². The first-order valence-electron chi connectivity index (χ1n) is 5.82. The Morgan fingerprint density at radius 1 is 1.32 bits per heavy atom. The van der Waals surface area contributed by atoms with Crippen molar-refractivity contribution in [3.05, 3.63) is 35.0 Å². The van der Waals surface area contributed by atoms with Crippen LogP contribution in [0.4, 0.5) is 4.79 Å². The van der Waals surface area contributed by atoms with E-state index < -0.39 is 11.7 Å². The van der Waals surface area contributed by atoms with Crippen molar-refractivity contribution in [2.75, 3.05) is 0 Å². The minimum atomic E-state index is -0.644. The highest BCUT2D eigenvalue weighted by Crippen LogP contribution is 2.30. The Morgan fingerprint density at radius 2 is 1.95 bits per heavy atom. The number of halogens is 1. The Hall–Kier alpha value is -1.81. The van der Waals surface area contributed by atoms with Crippen molar-refractivity contribution in [2.24, 2.45) is 0 Å². The number of hydrogen-bond donors (Lipinski definition) is 0. The molecule has 19 heavy (non-hydrogen) atoms. The van der Waals surface area contributed by atoms with Crippen molar-refractivity contribution in [1.82, 2.24) is 4.57 Å². The number of aromatic nitrogens is 1. The van der Waals surface area contributed by atoms with E-state index >= 15 is 0 Å². The minimum absolute atomic E-state index is 0.108. The van der Waals surface area contributed by atoms with Crippen LogP contribution in [0.5, 0.6) is 0 Å². The first kappa shape index (κ1) is 13.6. The normalized spacial score (nSPS) is 11.6. The van der Waals surface area contributed by atoms with E-state index in [2.05, 4.69) is 0 Å².